The lowest BCUT2D eigenvalue weighted by Gasteiger charge is -2.26. The van der Waals surface area contributed by atoms with Crippen molar-refractivity contribution in [2.24, 2.45) is 5.41 Å². The van der Waals surface area contributed by atoms with Crippen LogP contribution >= 0.6 is 0 Å². The van der Waals surface area contributed by atoms with Gasteiger partial charge >= 0.3 is 0 Å². The van der Waals surface area contributed by atoms with Gasteiger partial charge in [0.2, 0.25) is 0 Å². The second-order valence-electron chi connectivity index (χ2n) is 6.10. The number of carbonyl (C=O) groups is 1. The van der Waals surface area contributed by atoms with Crippen molar-refractivity contribution < 1.29 is 9.90 Å². The van der Waals surface area contributed by atoms with Crippen molar-refractivity contribution in [3.05, 3.63) is 29.3 Å². The molecule has 4 heteroatoms. The highest BCUT2D eigenvalue weighted by molar-refractivity contribution is 5.95. The molecular weight excluding hydrogens is 252 g/mol. The Bertz CT molecular complexity index is 507. The third-order valence-corrected chi connectivity index (χ3v) is 4.70. The van der Waals surface area contributed by atoms with Crippen molar-refractivity contribution in [1.82, 2.24) is 5.32 Å². The SMILES string of the molecule is O=C(NCC1(CO)CCCC1)c1ccc2c(c1)CCN2. The molecule has 20 heavy (non-hydrogen) atoms. The van der Waals surface area contributed by atoms with E-state index in [2.05, 4.69) is 10.6 Å². The van der Waals surface area contributed by atoms with Crippen molar-refractivity contribution in [1.29, 1.82) is 0 Å². The average molecular weight is 274 g/mol. The minimum Gasteiger partial charge on any atom is -0.396 e. The molecule has 0 aromatic heterocycles. The lowest BCUT2D eigenvalue weighted by Crippen LogP contribution is -2.38. The van der Waals surface area contributed by atoms with E-state index in [1.807, 2.05) is 18.2 Å². The summed E-state index contributed by atoms with van der Waals surface area (Å²) in [6, 6.07) is 5.83. The summed E-state index contributed by atoms with van der Waals surface area (Å²) in [7, 11) is 0. The summed E-state index contributed by atoms with van der Waals surface area (Å²) in [5.41, 5.74) is 2.99. The summed E-state index contributed by atoms with van der Waals surface area (Å²) in [6.07, 6.45) is 5.31. The number of hydrogen-bond donors (Lipinski definition) is 3. The number of carbonyl (C=O) groups excluding carboxylic acids is 1. The molecule has 0 radical (unpaired) electrons. The quantitative estimate of drug-likeness (QED) is 0.786. The smallest absolute Gasteiger partial charge is 0.251 e. The van der Waals surface area contributed by atoms with E-state index in [0.717, 1.165) is 49.9 Å². The molecule has 3 N–H and O–H groups in total. The first kappa shape index (κ1) is 13.4. The summed E-state index contributed by atoms with van der Waals surface area (Å²) in [5, 5.41) is 15.9. The molecule has 1 fully saturated rings. The summed E-state index contributed by atoms with van der Waals surface area (Å²) in [4.78, 5) is 12.2. The Morgan fingerprint density at radius 2 is 2.15 bits per heavy atom. The minimum atomic E-state index is -0.0893. The van der Waals surface area contributed by atoms with Gasteiger partial charge in [0, 0.05) is 29.8 Å². The van der Waals surface area contributed by atoms with E-state index in [1.165, 1.54) is 5.56 Å². The molecule has 1 aromatic rings. The van der Waals surface area contributed by atoms with Crippen molar-refractivity contribution >= 4 is 11.6 Å². The number of nitrogens with one attached hydrogen (secondary N) is 2. The molecule has 2 aliphatic rings. The van der Waals surface area contributed by atoms with Gasteiger partial charge in [-0.05, 0) is 43.0 Å². The molecule has 108 valence electrons. The molecule has 1 aliphatic heterocycles. The fourth-order valence-electron chi connectivity index (χ4n) is 3.33. The van der Waals surface area contributed by atoms with Gasteiger partial charge in [-0.25, -0.2) is 0 Å². The normalized spacial score (nSPS) is 19.4. The van der Waals surface area contributed by atoms with Gasteiger partial charge in [0.25, 0.3) is 5.91 Å². The van der Waals surface area contributed by atoms with E-state index in [9.17, 15) is 9.90 Å². The van der Waals surface area contributed by atoms with E-state index in [0.29, 0.717) is 6.54 Å². The van der Waals surface area contributed by atoms with Crippen molar-refractivity contribution in [2.75, 3.05) is 25.0 Å². The van der Waals surface area contributed by atoms with Gasteiger partial charge in [0.1, 0.15) is 0 Å². The highest BCUT2D eigenvalue weighted by Gasteiger charge is 2.33. The van der Waals surface area contributed by atoms with Crippen LogP contribution in [0.2, 0.25) is 0 Å². The molecule has 1 aliphatic carbocycles. The van der Waals surface area contributed by atoms with Crippen LogP contribution in [0.5, 0.6) is 0 Å². The molecule has 1 aromatic carbocycles. The fourth-order valence-corrected chi connectivity index (χ4v) is 3.33. The number of amides is 1. The maximum Gasteiger partial charge on any atom is 0.251 e. The van der Waals surface area contributed by atoms with E-state index in [4.69, 9.17) is 0 Å². The number of hydrogen-bond acceptors (Lipinski definition) is 3. The molecule has 0 bridgehead atoms. The van der Waals surface area contributed by atoms with E-state index in [-0.39, 0.29) is 17.9 Å². The first-order chi connectivity index (χ1) is 9.72. The van der Waals surface area contributed by atoms with Gasteiger partial charge in [-0.1, -0.05) is 12.8 Å². The second kappa shape index (κ2) is 5.44. The Balaban J connectivity index is 1.64. The van der Waals surface area contributed by atoms with E-state index in [1.54, 1.807) is 0 Å². The summed E-state index contributed by atoms with van der Waals surface area (Å²) >= 11 is 0. The Kier molecular flexibility index (Phi) is 3.66. The van der Waals surface area contributed by atoms with Gasteiger partial charge < -0.3 is 15.7 Å². The van der Waals surface area contributed by atoms with Gasteiger partial charge in [-0.3, -0.25) is 4.79 Å². The standard InChI is InChI=1S/C16H22N2O2/c19-11-16(6-1-2-7-16)10-18-15(20)13-3-4-14-12(9-13)5-8-17-14/h3-4,9,17,19H,1-2,5-8,10-11H2,(H,18,20). The zero-order valence-electron chi connectivity index (χ0n) is 11.7. The van der Waals surface area contributed by atoms with Gasteiger partial charge in [-0.2, -0.15) is 0 Å². The maximum atomic E-state index is 12.2. The number of aliphatic hydroxyl groups excluding tert-OH is 1. The predicted octanol–water partition coefficient (Wildman–Crippen LogP) is 1.94. The maximum absolute atomic E-state index is 12.2. The highest BCUT2D eigenvalue weighted by Crippen LogP contribution is 2.37. The summed E-state index contributed by atoms with van der Waals surface area (Å²) < 4.78 is 0. The topological polar surface area (TPSA) is 61.4 Å². The third kappa shape index (κ3) is 2.52. The number of fused-ring (bicyclic) bond motifs is 1. The average Bonchev–Trinajstić information content (AvgIpc) is 3.13. The molecule has 1 amide bonds. The van der Waals surface area contributed by atoms with Gasteiger partial charge in [0.05, 0.1) is 6.61 Å². The zero-order chi connectivity index (χ0) is 14.0. The largest absolute Gasteiger partial charge is 0.396 e. The number of rotatable bonds is 4. The molecule has 4 nitrogen and oxygen atoms in total. The van der Waals surface area contributed by atoms with Crippen LogP contribution in [0.1, 0.15) is 41.6 Å². The van der Waals surface area contributed by atoms with Crippen molar-refractivity contribution in [3.8, 4) is 0 Å². The second-order valence-corrected chi connectivity index (χ2v) is 6.10. The fraction of sp³-hybridized carbons (Fsp3) is 0.562. The molecular formula is C16H22N2O2. The van der Waals surface area contributed by atoms with Crippen LogP contribution in [-0.4, -0.2) is 30.7 Å². The predicted molar refractivity (Wildman–Crippen MR) is 79.0 cm³/mol. The lowest BCUT2D eigenvalue weighted by atomic mass is 9.87. The first-order valence-corrected chi connectivity index (χ1v) is 7.48. The molecule has 1 saturated carbocycles. The van der Waals surface area contributed by atoms with Crippen LogP contribution in [-0.2, 0) is 6.42 Å². The number of anilines is 1. The Morgan fingerprint density at radius 3 is 2.90 bits per heavy atom. The van der Waals surface area contributed by atoms with Gasteiger partial charge in [0.15, 0.2) is 0 Å². The Labute approximate surface area is 119 Å². The molecule has 3 rings (SSSR count). The van der Waals surface area contributed by atoms with Crippen LogP contribution < -0.4 is 10.6 Å². The lowest BCUT2D eigenvalue weighted by molar-refractivity contribution is 0.0880. The van der Waals surface area contributed by atoms with E-state index >= 15 is 0 Å². The molecule has 0 atom stereocenters. The number of aliphatic hydroxyl groups is 1. The van der Waals surface area contributed by atoms with Crippen molar-refractivity contribution in [3.63, 3.8) is 0 Å². The molecule has 0 unspecified atom stereocenters. The highest BCUT2D eigenvalue weighted by atomic mass is 16.3. The zero-order valence-corrected chi connectivity index (χ0v) is 11.7. The Morgan fingerprint density at radius 1 is 1.35 bits per heavy atom. The van der Waals surface area contributed by atoms with E-state index < -0.39 is 0 Å². The summed E-state index contributed by atoms with van der Waals surface area (Å²) in [5.74, 6) is -0.0283. The molecule has 0 saturated heterocycles. The molecule has 0 spiro atoms. The third-order valence-electron chi connectivity index (χ3n) is 4.70. The minimum absolute atomic E-state index is 0.0283. The van der Waals surface area contributed by atoms with Crippen LogP contribution in [0.4, 0.5) is 5.69 Å². The number of benzene rings is 1. The monoisotopic (exact) mass is 274 g/mol. The van der Waals surface area contributed by atoms with Crippen LogP contribution in [0.15, 0.2) is 18.2 Å². The van der Waals surface area contributed by atoms with Crippen LogP contribution in [0.3, 0.4) is 0 Å². The van der Waals surface area contributed by atoms with Crippen molar-refractivity contribution in [2.45, 2.75) is 32.1 Å². The van der Waals surface area contributed by atoms with Crippen LogP contribution in [0, 0.1) is 5.41 Å². The first-order valence-electron chi connectivity index (χ1n) is 7.48. The van der Waals surface area contributed by atoms with Crippen LogP contribution in [0.25, 0.3) is 0 Å². The van der Waals surface area contributed by atoms with Gasteiger partial charge in [-0.15, -0.1) is 0 Å². The summed E-state index contributed by atoms with van der Waals surface area (Å²) in [6.45, 7) is 1.70. The molecule has 1 heterocycles. The Hall–Kier alpha value is -1.55.